The average molecular weight is 329 g/mol. The number of benzene rings is 2. The lowest BCUT2D eigenvalue weighted by atomic mass is 10.1. The molecule has 1 atom stereocenters. The lowest BCUT2D eigenvalue weighted by molar-refractivity contribution is -0.120. The van der Waals surface area contributed by atoms with Gasteiger partial charge in [0.15, 0.2) is 0 Å². The second kappa shape index (κ2) is 8.63. The summed E-state index contributed by atoms with van der Waals surface area (Å²) in [6.45, 7) is 4.59. The molecule has 0 unspecified atom stereocenters. The molecule has 2 rings (SSSR count). The predicted octanol–water partition coefficient (Wildman–Crippen LogP) is 3.94. The third-order valence-electron chi connectivity index (χ3n) is 3.75. The summed E-state index contributed by atoms with van der Waals surface area (Å²) < 4.78 is 5.13. The van der Waals surface area contributed by atoms with Gasteiger partial charge in [-0.3, -0.25) is 4.79 Å². The Bertz CT molecular complexity index is 640. The zero-order chi connectivity index (χ0) is 16.7. The molecule has 4 heteroatoms. The highest BCUT2D eigenvalue weighted by Gasteiger charge is 2.13. The standard InChI is InChI=1S/C19H23NO2S/c1-14-6-4-5-7-17(14)13-23-15(2)19(21)20-12-16-8-10-18(22-3)11-9-16/h4-11,15H,12-13H2,1-3H3,(H,20,21)/t15-/m0/s1. The third-order valence-corrected chi connectivity index (χ3v) is 4.94. The monoisotopic (exact) mass is 329 g/mol. The Morgan fingerprint density at radius 2 is 1.87 bits per heavy atom. The highest BCUT2D eigenvalue weighted by Crippen LogP contribution is 2.20. The van der Waals surface area contributed by atoms with Crippen LogP contribution in [0.4, 0.5) is 0 Å². The molecule has 0 aliphatic rings. The van der Waals surface area contributed by atoms with E-state index in [-0.39, 0.29) is 11.2 Å². The summed E-state index contributed by atoms with van der Waals surface area (Å²) in [4.78, 5) is 12.2. The van der Waals surface area contributed by atoms with Crippen LogP contribution in [0, 0.1) is 6.92 Å². The fourth-order valence-electron chi connectivity index (χ4n) is 2.14. The second-order valence-electron chi connectivity index (χ2n) is 5.45. The van der Waals surface area contributed by atoms with Gasteiger partial charge < -0.3 is 10.1 Å². The van der Waals surface area contributed by atoms with Gasteiger partial charge in [-0.25, -0.2) is 0 Å². The topological polar surface area (TPSA) is 38.3 Å². The van der Waals surface area contributed by atoms with Crippen LogP contribution in [0.1, 0.15) is 23.6 Å². The van der Waals surface area contributed by atoms with E-state index in [0.717, 1.165) is 17.1 Å². The van der Waals surface area contributed by atoms with Gasteiger partial charge >= 0.3 is 0 Å². The molecule has 0 saturated heterocycles. The Kier molecular flexibility index (Phi) is 6.53. The maximum Gasteiger partial charge on any atom is 0.233 e. The Hall–Kier alpha value is -1.94. The van der Waals surface area contributed by atoms with E-state index in [1.165, 1.54) is 11.1 Å². The van der Waals surface area contributed by atoms with Crippen molar-refractivity contribution in [3.63, 3.8) is 0 Å². The number of carbonyl (C=O) groups is 1. The minimum atomic E-state index is -0.0761. The first kappa shape index (κ1) is 17.4. The Balaban J connectivity index is 1.79. The largest absolute Gasteiger partial charge is 0.497 e. The fraction of sp³-hybridized carbons (Fsp3) is 0.316. The molecule has 122 valence electrons. The van der Waals surface area contributed by atoms with Crippen molar-refractivity contribution in [2.75, 3.05) is 7.11 Å². The molecule has 0 aliphatic carbocycles. The zero-order valence-corrected chi connectivity index (χ0v) is 14.7. The smallest absolute Gasteiger partial charge is 0.233 e. The van der Waals surface area contributed by atoms with E-state index in [1.807, 2.05) is 43.3 Å². The minimum Gasteiger partial charge on any atom is -0.497 e. The highest BCUT2D eigenvalue weighted by atomic mass is 32.2. The van der Waals surface area contributed by atoms with E-state index in [2.05, 4.69) is 24.4 Å². The van der Waals surface area contributed by atoms with Crippen LogP contribution in [0.25, 0.3) is 0 Å². The van der Waals surface area contributed by atoms with Crippen molar-refractivity contribution in [2.45, 2.75) is 31.4 Å². The number of nitrogens with one attached hydrogen (secondary N) is 1. The van der Waals surface area contributed by atoms with Crippen LogP contribution in [0.5, 0.6) is 5.75 Å². The molecule has 1 N–H and O–H groups in total. The quantitative estimate of drug-likeness (QED) is 0.836. The second-order valence-corrected chi connectivity index (χ2v) is 6.77. The number of hydrogen-bond donors (Lipinski definition) is 1. The number of carbonyl (C=O) groups excluding carboxylic acids is 1. The summed E-state index contributed by atoms with van der Waals surface area (Å²) in [7, 11) is 1.64. The maximum atomic E-state index is 12.2. The number of ether oxygens (including phenoxy) is 1. The fourth-order valence-corrected chi connectivity index (χ4v) is 3.13. The van der Waals surface area contributed by atoms with Gasteiger partial charge in [0.2, 0.25) is 5.91 Å². The summed E-state index contributed by atoms with van der Waals surface area (Å²) >= 11 is 1.66. The van der Waals surface area contributed by atoms with Crippen molar-refractivity contribution in [1.82, 2.24) is 5.32 Å². The molecule has 0 radical (unpaired) electrons. The van der Waals surface area contributed by atoms with Crippen molar-refractivity contribution in [3.8, 4) is 5.75 Å². The minimum absolute atomic E-state index is 0.0689. The number of hydrogen-bond acceptors (Lipinski definition) is 3. The molecule has 1 amide bonds. The summed E-state index contributed by atoms with van der Waals surface area (Å²) in [5.41, 5.74) is 3.62. The Labute approximate surface area is 142 Å². The van der Waals surface area contributed by atoms with Gasteiger partial charge in [0.05, 0.1) is 12.4 Å². The van der Waals surface area contributed by atoms with Crippen LogP contribution in [0.2, 0.25) is 0 Å². The maximum absolute atomic E-state index is 12.2. The van der Waals surface area contributed by atoms with Crippen LogP contribution < -0.4 is 10.1 Å². The highest BCUT2D eigenvalue weighted by molar-refractivity contribution is 7.99. The molecule has 0 aliphatic heterocycles. The first-order valence-electron chi connectivity index (χ1n) is 7.67. The SMILES string of the molecule is COc1ccc(CNC(=O)[C@H](C)SCc2ccccc2C)cc1. The van der Waals surface area contributed by atoms with Crippen LogP contribution in [-0.2, 0) is 17.1 Å². The van der Waals surface area contributed by atoms with E-state index >= 15 is 0 Å². The number of methoxy groups -OCH3 is 1. The Morgan fingerprint density at radius 1 is 1.17 bits per heavy atom. The predicted molar refractivity (Wildman–Crippen MR) is 96.8 cm³/mol. The molecular formula is C19H23NO2S. The lowest BCUT2D eigenvalue weighted by Gasteiger charge is -2.13. The van der Waals surface area contributed by atoms with Crippen LogP contribution in [0.15, 0.2) is 48.5 Å². The number of thioether (sulfide) groups is 1. The molecule has 0 saturated carbocycles. The molecule has 0 heterocycles. The van der Waals surface area contributed by atoms with Crippen LogP contribution in [0.3, 0.4) is 0 Å². The number of rotatable bonds is 7. The lowest BCUT2D eigenvalue weighted by Crippen LogP contribution is -2.30. The first-order chi connectivity index (χ1) is 11.1. The van der Waals surface area contributed by atoms with E-state index in [1.54, 1.807) is 18.9 Å². The van der Waals surface area contributed by atoms with Crippen LogP contribution in [-0.4, -0.2) is 18.3 Å². The molecule has 0 fully saturated rings. The van der Waals surface area contributed by atoms with E-state index < -0.39 is 0 Å². The van der Waals surface area contributed by atoms with Crippen molar-refractivity contribution in [1.29, 1.82) is 0 Å². The summed E-state index contributed by atoms with van der Waals surface area (Å²) in [5.74, 6) is 1.74. The molecule has 0 bridgehead atoms. The van der Waals surface area contributed by atoms with Gasteiger partial charge in [-0.1, -0.05) is 36.4 Å². The average Bonchev–Trinajstić information content (AvgIpc) is 2.59. The van der Waals surface area contributed by atoms with Gasteiger partial charge in [0.25, 0.3) is 0 Å². The van der Waals surface area contributed by atoms with E-state index in [4.69, 9.17) is 4.74 Å². The molecule has 0 aromatic heterocycles. The van der Waals surface area contributed by atoms with Gasteiger partial charge in [-0.05, 0) is 42.7 Å². The van der Waals surface area contributed by atoms with Gasteiger partial charge in [0, 0.05) is 12.3 Å². The van der Waals surface area contributed by atoms with Crippen LogP contribution >= 0.6 is 11.8 Å². The molecule has 0 spiro atoms. The number of aryl methyl sites for hydroxylation is 1. The van der Waals surface area contributed by atoms with Crippen molar-refractivity contribution in [2.24, 2.45) is 0 Å². The third kappa shape index (κ3) is 5.32. The number of amides is 1. The van der Waals surface area contributed by atoms with Gasteiger partial charge in [-0.2, -0.15) is 0 Å². The summed E-state index contributed by atoms with van der Waals surface area (Å²) in [6.07, 6.45) is 0. The van der Waals surface area contributed by atoms with Gasteiger partial charge in [-0.15, -0.1) is 11.8 Å². The van der Waals surface area contributed by atoms with E-state index in [9.17, 15) is 4.79 Å². The normalized spacial score (nSPS) is 11.8. The zero-order valence-electron chi connectivity index (χ0n) is 13.8. The van der Waals surface area contributed by atoms with E-state index in [0.29, 0.717) is 6.54 Å². The summed E-state index contributed by atoms with van der Waals surface area (Å²) in [5, 5.41) is 2.91. The van der Waals surface area contributed by atoms with Crippen molar-refractivity contribution in [3.05, 3.63) is 65.2 Å². The first-order valence-corrected chi connectivity index (χ1v) is 8.72. The molecular weight excluding hydrogens is 306 g/mol. The molecule has 2 aromatic carbocycles. The van der Waals surface area contributed by atoms with Crippen molar-refractivity contribution < 1.29 is 9.53 Å². The molecule has 23 heavy (non-hydrogen) atoms. The molecule has 3 nitrogen and oxygen atoms in total. The summed E-state index contributed by atoms with van der Waals surface area (Å²) in [6, 6.07) is 16.0. The molecule has 2 aromatic rings. The van der Waals surface area contributed by atoms with Crippen molar-refractivity contribution >= 4 is 17.7 Å². The van der Waals surface area contributed by atoms with Gasteiger partial charge in [0.1, 0.15) is 5.75 Å². The Morgan fingerprint density at radius 3 is 2.52 bits per heavy atom.